The number of amides is 3. The molecule has 1 rings (SSSR count). The Morgan fingerprint density at radius 1 is 1.35 bits per heavy atom. The molecule has 1 aliphatic rings. The van der Waals surface area contributed by atoms with Gasteiger partial charge < -0.3 is 21.1 Å². The smallest absolute Gasteiger partial charge is 0.312 e. The highest BCUT2D eigenvalue weighted by atomic mass is 16.3. The molecule has 0 aromatic rings. The lowest BCUT2D eigenvalue weighted by Gasteiger charge is -2.35. The molecule has 0 radical (unpaired) electrons. The number of aliphatic hydroxyl groups excluding tert-OH is 1. The molecular weight excluding hydrogens is 224 g/mol. The van der Waals surface area contributed by atoms with Crippen molar-refractivity contribution in [3.05, 3.63) is 0 Å². The minimum atomic E-state index is -0.690. The molecule has 3 amide bonds. The molecular formula is C10H20N4O3. The first-order valence-electron chi connectivity index (χ1n) is 5.72. The Morgan fingerprint density at radius 3 is 2.41 bits per heavy atom. The van der Waals surface area contributed by atoms with Crippen LogP contribution in [0.15, 0.2) is 0 Å². The van der Waals surface area contributed by atoms with E-state index in [9.17, 15) is 9.59 Å². The molecule has 7 heteroatoms. The van der Waals surface area contributed by atoms with Crippen LogP contribution in [0, 0.1) is 0 Å². The number of urea groups is 1. The van der Waals surface area contributed by atoms with E-state index >= 15 is 0 Å². The van der Waals surface area contributed by atoms with Crippen LogP contribution in [0.3, 0.4) is 0 Å². The predicted octanol–water partition coefficient (Wildman–Crippen LogP) is -1.82. The molecule has 1 unspecified atom stereocenters. The zero-order valence-corrected chi connectivity index (χ0v) is 10.1. The lowest BCUT2D eigenvalue weighted by Crippen LogP contribution is -2.55. The maximum Gasteiger partial charge on any atom is 0.312 e. The van der Waals surface area contributed by atoms with Crippen molar-refractivity contribution in [2.75, 3.05) is 39.3 Å². The van der Waals surface area contributed by atoms with Crippen LogP contribution in [-0.4, -0.2) is 72.2 Å². The number of primary amides is 1. The lowest BCUT2D eigenvalue weighted by molar-refractivity contribution is -0.134. The van der Waals surface area contributed by atoms with Crippen molar-refractivity contribution in [1.29, 1.82) is 0 Å². The third kappa shape index (κ3) is 4.20. The molecule has 1 saturated heterocycles. The van der Waals surface area contributed by atoms with Gasteiger partial charge in [0.1, 0.15) is 6.04 Å². The van der Waals surface area contributed by atoms with E-state index in [-0.39, 0.29) is 12.5 Å². The minimum Gasteiger partial charge on any atom is -0.395 e. The maximum atomic E-state index is 11.9. The van der Waals surface area contributed by atoms with Gasteiger partial charge in [0.15, 0.2) is 0 Å². The summed E-state index contributed by atoms with van der Waals surface area (Å²) in [6.07, 6.45) is 0. The fourth-order valence-electron chi connectivity index (χ4n) is 1.88. The van der Waals surface area contributed by atoms with Crippen molar-refractivity contribution < 1.29 is 14.7 Å². The van der Waals surface area contributed by atoms with E-state index in [1.165, 1.54) is 0 Å². The number of nitrogens with one attached hydrogen (secondary N) is 1. The molecule has 17 heavy (non-hydrogen) atoms. The third-order valence-electron chi connectivity index (χ3n) is 2.83. The quantitative estimate of drug-likeness (QED) is 0.542. The van der Waals surface area contributed by atoms with Crippen molar-refractivity contribution in [3.63, 3.8) is 0 Å². The number of rotatable bonds is 4. The highest BCUT2D eigenvalue weighted by molar-refractivity contribution is 5.86. The van der Waals surface area contributed by atoms with E-state index in [4.69, 9.17) is 10.8 Å². The van der Waals surface area contributed by atoms with E-state index in [1.54, 1.807) is 11.8 Å². The van der Waals surface area contributed by atoms with E-state index < -0.39 is 12.1 Å². The molecule has 7 nitrogen and oxygen atoms in total. The average molecular weight is 244 g/mol. The van der Waals surface area contributed by atoms with Gasteiger partial charge in [-0.15, -0.1) is 0 Å². The van der Waals surface area contributed by atoms with E-state index in [1.807, 2.05) is 0 Å². The summed E-state index contributed by atoms with van der Waals surface area (Å²) >= 11 is 0. The monoisotopic (exact) mass is 244 g/mol. The minimum absolute atomic E-state index is 0.118. The van der Waals surface area contributed by atoms with Gasteiger partial charge in [0.25, 0.3) is 0 Å². The Bertz CT molecular complexity index is 277. The molecule has 1 heterocycles. The second-order valence-electron chi connectivity index (χ2n) is 4.12. The third-order valence-corrected chi connectivity index (χ3v) is 2.83. The first-order valence-corrected chi connectivity index (χ1v) is 5.72. The van der Waals surface area contributed by atoms with Gasteiger partial charge in [0.05, 0.1) is 6.61 Å². The lowest BCUT2D eigenvalue weighted by atomic mass is 10.2. The van der Waals surface area contributed by atoms with Crippen molar-refractivity contribution >= 4 is 11.9 Å². The molecule has 1 fully saturated rings. The fraction of sp³-hybridized carbons (Fsp3) is 0.800. The first kappa shape index (κ1) is 13.7. The van der Waals surface area contributed by atoms with Crippen LogP contribution in [0.25, 0.3) is 0 Å². The number of piperazine rings is 1. The van der Waals surface area contributed by atoms with Gasteiger partial charge in [0.2, 0.25) is 5.91 Å². The number of nitrogens with two attached hydrogens (primary N) is 1. The van der Waals surface area contributed by atoms with Crippen molar-refractivity contribution in [2.45, 2.75) is 13.0 Å². The maximum absolute atomic E-state index is 11.9. The summed E-state index contributed by atoms with van der Waals surface area (Å²) in [6.45, 7) is 5.11. The van der Waals surface area contributed by atoms with Crippen LogP contribution in [-0.2, 0) is 4.79 Å². The van der Waals surface area contributed by atoms with E-state index in [0.717, 1.165) is 13.1 Å². The summed E-state index contributed by atoms with van der Waals surface area (Å²) in [6, 6.07) is -1.28. The number of aliphatic hydroxyl groups is 1. The van der Waals surface area contributed by atoms with Crippen LogP contribution in [0.5, 0.6) is 0 Å². The standard InChI is InChI=1S/C10H20N4O3/c1-8(12-10(11)17)9(16)14-4-2-13(3-5-14)6-7-15/h8,15H,2-7H2,1H3,(H3,11,12,17). The highest BCUT2D eigenvalue weighted by Crippen LogP contribution is 2.03. The SMILES string of the molecule is CC(NC(N)=O)C(=O)N1CCN(CCO)CC1. The van der Waals surface area contributed by atoms with Crippen LogP contribution in [0.4, 0.5) is 4.79 Å². The predicted molar refractivity (Wildman–Crippen MR) is 62.3 cm³/mol. The first-order chi connectivity index (χ1) is 8.04. The van der Waals surface area contributed by atoms with Crippen molar-refractivity contribution in [3.8, 4) is 0 Å². The zero-order chi connectivity index (χ0) is 12.8. The van der Waals surface area contributed by atoms with Gasteiger partial charge >= 0.3 is 6.03 Å². The van der Waals surface area contributed by atoms with Gasteiger partial charge in [-0.3, -0.25) is 9.69 Å². The van der Waals surface area contributed by atoms with E-state index in [0.29, 0.717) is 19.6 Å². The summed E-state index contributed by atoms with van der Waals surface area (Å²) in [5, 5.41) is 11.2. The summed E-state index contributed by atoms with van der Waals surface area (Å²) in [4.78, 5) is 26.3. The van der Waals surface area contributed by atoms with Crippen LogP contribution in [0.2, 0.25) is 0 Å². The summed E-state index contributed by atoms with van der Waals surface area (Å²) in [5.74, 6) is -0.118. The number of hydrogen-bond donors (Lipinski definition) is 3. The largest absolute Gasteiger partial charge is 0.395 e. The van der Waals surface area contributed by atoms with Gasteiger partial charge in [-0.05, 0) is 6.92 Å². The van der Waals surface area contributed by atoms with Crippen LogP contribution < -0.4 is 11.1 Å². The molecule has 98 valence electrons. The van der Waals surface area contributed by atoms with Crippen molar-refractivity contribution in [2.24, 2.45) is 5.73 Å². The van der Waals surface area contributed by atoms with Gasteiger partial charge in [-0.25, -0.2) is 4.79 Å². The van der Waals surface area contributed by atoms with Crippen molar-refractivity contribution in [1.82, 2.24) is 15.1 Å². The number of carbonyl (C=O) groups is 2. The number of nitrogens with zero attached hydrogens (tertiary/aromatic N) is 2. The summed E-state index contributed by atoms with van der Waals surface area (Å²) < 4.78 is 0. The molecule has 0 saturated carbocycles. The molecule has 0 spiro atoms. The second kappa shape index (κ2) is 6.41. The average Bonchev–Trinajstić information content (AvgIpc) is 2.28. The Hall–Kier alpha value is -1.34. The Balaban J connectivity index is 2.37. The van der Waals surface area contributed by atoms with Crippen LogP contribution in [0.1, 0.15) is 6.92 Å². The second-order valence-corrected chi connectivity index (χ2v) is 4.12. The Morgan fingerprint density at radius 2 is 1.94 bits per heavy atom. The van der Waals surface area contributed by atoms with Gasteiger partial charge in [-0.1, -0.05) is 0 Å². The summed E-state index contributed by atoms with van der Waals surface area (Å²) in [7, 11) is 0. The number of carbonyl (C=O) groups excluding carboxylic acids is 2. The normalized spacial score (nSPS) is 18.8. The highest BCUT2D eigenvalue weighted by Gasteiger charge is 2.24. The molecule has 0 aromatic carbocycles. The fourth-order valence-corrected chi connectivity index (χ4v) is 1.88. The molecule has 1 atom stereocenters. The van der Waals surface area contributed by atoms with E-state index in [2.05, 4.69) is 10.2 Å². The molecule has 0 aromatic heterocycles. The Kier molecular flexibility index (Phi) is 5.17. The zero-order valence-electron chi connectivity index (χ0n) is 10.1. The topological polar surface area (TPSA) is 98.9 Å². The number of β-amino-alcohol motifs (C(OH)–C–C–N with tert-alkyl or cyclic N) is 1. The Labute approximate surface area is 101 Å². The molecule has 1 aliphatic heterocycles. The molecule has 4 N–H and O–H groups in total. The van der Waals surface area contributed by atoms with Gasteiger partial charge in [0, 0.05) is 32.7 Å². The number of hydrogen-bond acceptors (Lipinski definition) is 4. The summed E-state index contributed by atoms with van der Waals surface area (Å²) in [5.41, 5.74) is 4.97. The molecule has 0 aliphatic carbocycles. The molecule has 0 bridgehead atoms. The van der Waals surface area contributed by atoms with Gasteiger partial charge in [-0.2, -0.15) is 0 Å². The van der Waals surface area contributed by atoms with Crippen LogP contribution >= 0.6 is 0 Å².